The molecule has 2 heterocycles. The van der Waals surface area contributed by atoms with Crippen molar-refractivity contribution in [2.75, 3.05) is 13.2 Å². The molecule has 37 heavy (non-hydrogen) atoms. The zero-order valence-electron chi connectivity index (χ0n) is 20.5. The molecule has 0 unspecified atom stereocenters. The standard InChI is InChI=1S/C28H27N4O4P/c1-3-35-37(34,36-4-2)22-14-15-24-23(16-22)26(28(33)32-24)27(20-8-6-5-7-9-20)31-21-12-10-19(11-13-21)25-17-29-18-30-25/h5-18,32-33H,3-4H2,1-2H3,(H,29,30). The van der Waals surface area contributed by atoms with Gasteiger partial charge >= 0.3 is 7.60 Å². The summed E-state index contributed by atoms with van der Waals surface area (Å²) in [7, 11) is -3.53. The number of hydrogen-bond donors (Lipinski definition) is 3. The predicted molar refractivity (Wildman–Crippen MR) is 146 cm³/mol. The molecular weight excluding hydrogens is 487 g/mol. The molecule has 3 aromatic carbocycles. The highest BCUT2D eigenvalue weighted by Crippen LogP contribution is 2.47. The van der Waals surface area contributed by atoms with Gasteiger partial charge in [-0.05, 0) is 49.7 Å². The van der Waals surface area contributed by atoms with Crippen LogP contribution in [0.25, 0.3) is 22.2 Å². The summed E-state index contributed by atoms with van der Waals surface area (Å²) < 4.78 is 24.6. The molecular formula is C28H27N4O4P. The smallest absolute Gasteiger partial charge is 0.361 e. The Bertz CT molecular complexity index is 1570. The van der Waals surface area contributed by atoms with Crippen LogP contribution in [-0.4, -0.2) is 39.0 Å². The molecule has 0 atom stereocenters. The van der Waals surface area contributed by atoms with Crippen molar-refractivity contribution < 1.29 is 18.7 Å². The van der Waals surface area contributed by atoms with Crippen molar-refractivity contribution in [1.82, 2.24) is 15.0 Å². The summed E-state index contributed by atoms with van der Waals surface area (Å²) in [6.07, 6.45) is 3.40. The summed E-state index contributed by atoms with van der Waals surface area (Å²) in [5.41, 5.74) is 5.17. The first-order valence-electron chi connectivity index (χ1n) is 12.0. The minimum absolute atomic E-state index is 0.0357. The summed E-state index contributed by atoms with van der Waals surface area (Å²) >= 11 is 0. The first-order valence-corrected chi connectivity index (χ1v) is 13.5. The molecule has 0 saturated carbocycles. The number of aliphatic imine (C=N–C) groups is 1. The fourth-order valence-electron chi connectivity index (χ4n) is 4.22. The van der Waals surface area contributed by atoms with Crippen LogP contribution >= 0.6 is 7.60 Å². The molecule has 188 valence electrons. The number of aromatic nitrogens is 3. The number of aromatic amines is 2. The average Bonchev–Trinajstić information content (AvgIpc) is 3.56. The van der Waals surface area contributed by atoms with E-state index in [0.29, 0.717) is 33.2 Å². The number of hydrogen-bond acceptors (Lipinski definition) is 6. The van der Waals surface area contributed by atoms with E-state index in [0.717, 1.165) is 16.8 Å². The van der Waals surface area contributed by atoms with E-state index in [1.807, 2.05) is 54.6 Å². The second-order valence-corrected chi connectivity index (χ2v) is 10.3. The summed E-state index contributed by atoms with van der Waals surface area (Å²) in [6.45, 7) is 4.03. The van der Waals surface area contributed by atoms with Crippen LogP contribution < -0.4 is 5.30 Å². The van der Waals surface area contributed by atoms with Gasteiger partial charge in [0.1, 0.15) is 0 Å². The van der Waals surface area contributed by atoms with Gasteiger partial charge in [-0.2, -0.15) is 0 Å². The Hall–Kier alpha value is -3.97. The van der Waals surface area contributed by atoms with E-state index in [1.54, 1.807) is 44.6 Å². The molecule has 0 aliphatic carbocycles. The van der Waals surface area contributed by atoms with Crippen molar-refractivity contribution in [2.45, 2.75) is 13.8 Å². The molecule has 8 nitrogen and oxygen atoms in total. The zero-order valence-corrected chi connectivity index (χ0v) is 21.4. The summed E-state index contributed by atoms with van der Waals surface area (Å²) in [4.78, 5) is 15.1. The van der Waals surface area contributed by atoms with Crippen molar-refractivity contribution in [3.63, 3.8) is 0 Å². The van der Waals surface area contributed by atoms with Crippen LogP contribution in [-0.2, 0) is 13.6 Å². The Labute approximate surface area is 214 Å². The van der Waals surface area contributed by atoms with Crippen LogP contribution in [0, 0.1) is 0 Å². The number of nitrogens with one attached hydrogen (secondary N) is 2. The van der Waals surface area contributed by atoms with Gasteiger partial charge in [-0.1, -0.05) is 42.5 Å². The lowest BCUT2D eigenvalue weighted by molar-refractivity contribution is 0.230. The fourth-order valence-corrected chi connectivity index (χ4v) is 5.82. The summed E-state index contributed by atoms with van der Waals surface area (Å²) in [5, 5.41) is 12.1. The molecule has 0 amide bonds. The molecule has 0 fully saturated rings. The van der Waals surface area contributed by atoms with E-state index in [-0.39, 0.29) is 19.1 Å². The van der Waals surface area contributed by atoms with Crippen LogP contribution in [0.5, 0.6) is 5.88 Å². The van der Waals surface area contributed by atoms with Gasteiger partial charge in [0.2, 0.25) is 0 Å². The normalized spacial score (nSPS) is 12.3. The third-order valence-electron chi connectivity index (χ3n) is 5.88. The van der Waals surface area contributed by atoms with Crippen molar-refractivity contribution in [1.29, 1.82) is 0 Å². The molecule has 3 N–H and O–H groups in total. The quantitative estimate of drug-likeness (QED) is 0.157. The Kier molecular flexibility index (Phi) is 7.06. The van der Waals surface area contributed by atoms with Gasteiger partial charge in [0.15, 0.2) is 5.88 Å². The molecule has 5 rings (SSSR count). The highest BCUT2D eigenvalue weighted by Gasteiger charge is 2.28. The minimum atomic E-state index is -3.53. The van der Waals surface area contributed by atoms with Gasteiger partial charge in [0.05, 0.1) is 53.7 Å². The van der Waals surface area contributed by atoms with Gasteiger partial charge < -0.3 is 24.1 Å². The second-order valence-electron chi connectivity index (χ2n) is 8.25. The molecule has 0 aliphatic heterocycles. The number of aromatic hydroxyl groups is 1. The van der Waals surface area contributed by atoms with Crippen molar-refractivity contribution in [3.8, 4) is 17.1 Å². The molecule has 2 aromatic heterocycles. The average molecular weight is 515 g/mol. The van der Waals surface area contributed by atoms with Crippen LogP contribution in [0.1, 0.15) is 25.0 Å². The fraction of sp³-hybridized carbons (Fsp3) is 0.143. The van der Waals surface area contributed by atoms with E-state index < -0.39 is 7.60 Å². The van der Waals surface area contributed by atoms with Crippen molar-refractivity contribution in [3.05, 3.63) is 96.4 Å². The first-order chi connectivity index (χ1) is 18.0. The number of rotatable bonds is 9. The maximum absolute atomic E-state index is 13.5. The van der Waals surface area contributed by atoms with Gasteiger partial charge in [-0.3, -0.25) is 4.57 Å². The lowest BCUT2D eigenvalue weighted by Gasteiger charge is -2.17. The molecule has 0 aliphatic rings. The zero-order chi connectivity index (χ0) is 25.8. The van der Waals surface area contributed by atoms with Crippen LogP contribution in [0.3, 0.4) is 0 Å². The number of imidazole rings is 1. The molecule has 0 spiro atoms. The number of H-pyrrole nitrogens is 2. The second kappa shape index (κ2) is 10.6. The third kappa shape index (κ3) is 5.00. The topological polar surface area (TPSA) is 113 Å². The van der Waals surface area contributed by atoms with Crippen molar-refractivity contribution in [2.24, 2.45) is 4.99 Å². The molecule has 0 radical (unpaired) electrons. The lowest BCUT2D eigenvalue weighted by Crippen LogP contribution is -2.11. The Balaban J connectivity index is 1.67. The Morgan fingerprint density at radius 2 is 1.73 bits per heavy atom. The predicted octanol–water partition coefficient (Wildman–Crippen LogP) is 6.32. The summed E-state index contributed by atoms with van der Waals surface area (Å²) in [5.74, 6) is -0.0357. The van der Waals surface area contributed by atoms with E-state index in [9.17, 15) is 9.67 Å². The minimum Gasteiger partial charge on any atom is -0.494 e. The van der Waals surface area contributed by atoms with Crippen LogP contribution in [0.2, 0.25) is 0 Å². The molecule has 0 bridgehead atoms. The first kappa shape index (κ1) is 24.7. The lowest BCUT2D eigenvalue weighted by atomic mass is 10.0. The van der Waals surface area contributed by atoms with Crippen LogP contribution in [0.15, 0.2) is 90.3 Å². The molecule has 0 saturated heterocycles. The highest BCUT2D eigenvalue weighted by atomic mass is 31.2. The Morgan fingerprint density at radius 1 is 1.00 bits per heavy atom. The highest BCUT2D eigenvalue weighted by molar-refractivity contribution is 7.62. The Morgan fingerprint density at radius 3 is 2.38 bits per heavy atom. The number of fused-ring (bicyclic) bond motifs is 1. The molecule has 9 heteroatoms. The molecule has 5 aromatic rings. The van der Waals surface area contributed by atoms with E-state index in [4.69, 9.17) is 14.0 Å². The van der Waals surface area contributed by atoms with Gasteiger partial charge in [0, 0.05) is 16.5 Å². The van der Waals surface area contributed by atoms with Gasteiger partial charge in [0.25, 0.3) is 0 Å². The number of benzene rings is 3. The maximum Gasteiger partial charge on any atom is 0.361 e. The van der Waals surface area contributed by atoms with E-state index in [2.05, 4.69) is 15.0 Å². The largest absolute Gasteiger partial charge is 0.494 e. The third-order valence-corrected chi connectivity index (χ3v) is 7.99. The van der Waals surface area contributed by atoms with Crippen molar-refractivity contribution >= 4 is 35.2 Å². The van der Waals surface area contributed by atoms with Gasteiger partial charge in [-0.15, -0.1) is 0 Å². The summed E-state index contributed by atoms with van der Waals surface area (Å²) in [6, 6.07) is 22.6. The van der Waals surface area contributed by atoms with E-state index in [1.165, 1.54) is 0 Å². The maximum atomic E-state index is 13.5. The van der Waals surface area contributed by atoms with Crippen LogP contribution in [0.4, 0.5) is 5.69 Å². The number of nitrogens with zero attached hydrogens (tertiary/aromatic N) is 2. The van der Waals surface area contributed by atoms with Gasteiger partial charge in [-0.25, -0.2) is 9.98 Å². The monoisotopic (exact) mass is 514 g/mol. The van der Waals surface area contributed by atoms with E-state index >= 15 is 0 Å². The SMILES string of the molecule is CCOP(=O)(OCC)c1ccc2[nH]c(O)c(C(=Nc3ccc(-c4cnc[nH]4)cc3)c3ccccc3)c2c1.